The molecule has 2 aliphatic rings. The highest BCUT2D eigenvalue weighted by Crippen LogP contribution is 2.34. The van der Waals surface area contributed by atoms with Gasteiger partial charge in [0.25, 0.3) is 0 Å². The van der Waals surface area contributed by atoms with Gasteiger partial charge in [0.05, 0.1) is 12.6 Å². The van der Waals surface area contributed by atoms with Crippen LogP contribution in [0.5, 0.6) is 0 Å². The first-order valence-corrected chi connectivity index (χ1v) is 13.6. The lowest BCUT2D eigenvalue weighted by molar-refractivity contribution is -0.146. The standard InChI is InChI=1S/C28H41ClN6O3/c1-4-7-9-19(5-2)16-25(27(37)38-6-3)30-24(26(36)31-28-32-34-35-33-28)17-20-12-14-21(15-13-20)22-10-8-11-23(29)18-22/h4-5,7,9,11-15,22,24-26,28,30-36H,2,6,8,10,16-18H2,1,3H3/b7-4-,19-9+/t22-,24?,25?,26+/m0/s1. The lowest BCUT2D eigenvalue weighted by atomic mass is 9.87. The summed E-state index contributed by atoms with van der Waals surface area (Å²) >= 11 is 6.28. The minimum atomic E-state index is -1.01. The van der Waals surface area contributed by atoms with E-state index in [1.54, 1.807) is 13.0 Å². The normalized spacial score (nSPS) is 21.2. The molecule has 1 aromatic rings. The Hall–Kier alpha value is -2.34. The number of carbonyl (C=O) groups is 1. The van der Waals surface area contributed by atoms with Crippen LogP contribution < -0.4 is 32.6 Å². The van der Waals surface area contributed by atoms with E-state index in [0.717, 1.165) is 35.4 Å². The van der Waals surface area contributed by atoms with Crippen LogP contribution in [0, 0.1) is 0 Å². The molecule has 1 aromatic carbocycles. The topological polar surface area (TPSA) is 119 Å². The predicted octanol–water partition coefficient (Wildman–Crippen LogP) is 2.90. The van der Waals surface area contributed by atoms with Gasteiger partial charge in [0.1, 0.15) is 18.6 Å². The number of rotatable bonds is 14. The molecule has 0 aromatic heterocycles. The van der Waals surface area contributed by atoms with E-state index < -0.39 is 24.6 Å². The van der Waals surface area contributed by atoms with E-state index in [0.29, 0.717) is 18.8 Å². The van der Waals surface area contributed by atoms with Crippen molar-refractivity contribution in [1.82, 2.24) is 32.6 Å². The smallest absolute Gasteiger partial charge is 0.323 e. The zero-order chi connectivity index (χ0) is 27.3. The summed E-state index contributed by atoms with van der Waals surface area (Å²) in [6, 6.07) is 7.25. The average Bonchev–Trinajstić information content (AvgIpc) is 3.43. The number of aliphatic hydroxyl groups excluding tert-OH is 1. The number of benzene rings is 1. The van der Waals surface area contributed by atoms with Gasteiger partial charge in [-0.05, 0) is 68.6 Å². The molecule has 4 atom stereocenters. The third-order valence-corrected chi connectivity index (χ3v) is 6.94. The Labute approximate surface area is 230 Å². The number of carbonyl (C=O) groups excluding carboxylic acids is 1. The van der Waals surface area contributed by atoms with Crippen molar-refractivity contribution in [1.29, 1.82) is 0 Å². The second kappa shape index (κ2) is 15.9. The van der Waals surface area contributed by atoms with Crippen LogP contribution in [-0.2, 0) is 16.0 Å². The summed E-state index contributed by atoms with van der Waals surface area (Å²) in [5, 5.41) is 18.5. The van der Waals surface area contributed by atoms with E-state index in [1.807, 2.05) is 25.2 Å². The minimum absolute atomic E-state index is 0.263. The molecule has 10 heteroatoms. The van der Waals surface area contributed by atoms with Gasteiger partial charge in [0.2, 0.25) is 0 Å². The average molecular weight is 545 g/mol. The number of hydrazine groups is 3. The first-order chi connectivity index (χ1) is 18.4. The molecular weight excluding hydrogens is 504 g/mol. The molecule has 1 heterocycles. The molecule has 0 saturated carbocycles. The Morgan fingerprint density at radius 1 is 1.29 bits per heavy atom. The zero-order valence-electron chi connectivity index (χ0n) is 22.2. The summed E-state index contributed by atoms with van der Waals surface area (Å²) in [4.78, 5) is 12.9. The van der Waals surface area contributed by atoms with Gasteiger partial charge in [0, 0.05) is 5.03 Å². The van der Waals surface area contributed by atoms with Gasteiger partial charge in [-0.2, -0.15) is 11.1 Å². The molecule has 1 fully saturated rings. The van der Waals surface area contributed by atoms with Gasteiger partial charge in [-0.1, -0.05) is 72.8 Å². The Balaban J connectivity index is 1.79. The first kappa shape index (κ1) is 30.2. The van der Waals surface area contributed by atoms with Gasteiger partial charge in [-0.15, -0.1) is 0 Å². The maximum Gasteiger partial charge on any atom is 0.323 e. The van der Waals surface area contributed by atoms with Crippen LogP contribution >= 0.6 is 11.6 Å². The van der Waals surface area contributed by atoms with E-state index in [2.05, 4.69) is 69.5 Å². The van der Waals surface area contributed by atoms with Crippen LogP contribution in [0.3, 0.4) is 0 Å². The van der Waals surface area contributed by atoms with Crippen LogP contribution in [0.25, 0.3) is 0 Å². The van der Waals surface area contributed by atoms with Crippen molar-refractivity contribution in [3.63, 3.8) is 0 Å². The summed E-state index contributed by atoms with van der Waals surface area (Å²) in [5.74, 6) is 0.0349. The number of nitrogens with one attached hydrogen (secondary N) is 6. The zero-order valence-corrected chi connectivity index (χ0v) is 22.9. The summed E-state index contributed by atoms with van der Waals surface area (Å²) in [7, 11) is 0. The number of hydrogen-bond acceptors (Lipinski definition) is 9. The molecule has 1 aliphatic heterocycles. The number of hydrogen-bond donors (Lipinski definition) is 7. The molecule has 0 spiro atoms. The van der Waals surface area contributed by atoms with Crippen molar-refractivity contribution in [3.8, 4) is 0 Å². The SMILES string of the molecule is C=C/C(=C\C=C/C)CC(NC(Cc1ccc([C@H]2CCC=C(Cl)C2)cc1)[C@@H](O)NC1NNNN1)C(=O)OCC. The molecule has 3 rings (SSSR count). The third-order valence-electron chi connectivity index (χ3n) is 6.63. The predicted molar refractivity (Wildman–Crippen MR) is 151 cm³/mol. The molecule has 9 nitrogen and oxygen atoms in total. The number of esters is 1. The van der Waals surface area contributed by atoms with Crippen LogP contribution in [0.1, 0.15) is 56.6 Å². The second-order valence-electron chi connectivity index (χ2n) is 9.41. The number of ether oxygens (including phenoxy) is 1. The number of aliphatic hydroxyl groups is 1. The van der Waals surface area contributed by atoms with E-state index in [9.17, 15) is 9.90 Å². The van der Waals surface area contributed by atoms with Gasteiger partial charge in [0.15, 0.2) is 0 Å². The molecule has 0 radical (unpaired) electrons. The highest BCUT2D eigenvalue weighted by molar-refractivity contribution is 6.29. The lowest BCUT2D eigenvalue weighted by Gasteiger charge is -2.30. The highest BCUT2D eigenvalue weighted by atomic mass is 35.5. The maximum atomic E-state index is 12.9. The van der Waals surface area contributed by atoms with Crippen LogP contribution in [0.4, 0.5) is 0 Å². The van der Waals surface area contributed by atoms with Crippen molar-refractivity contribution in [3.05, 3.63) is 83.0 Å². The van der Waals surface area contributed by atoms with Crippen molar-refractivity contribution in [2.45, 2.75) is 76.5 Å². The van der Waals surface area contributed by atoms with Gasteiger partial charge >= 0.3 is 5.97 Å². The Morgan fingerprint density at radius 2 is 2.03 bits per heavy atom. The van der Waals surface area contributed by atoms with Crippen LogP contribution in [0.15, 0.2) is 71.8 Å². The molecule has 7 N–H and O–H groups in total. The van der Waals surface area contributed by atoms with E-state index >= 15 is 0 Å². The highest BCUT2D eigenvalue weighted by Gasteiger charge is 2.30. The third kappa shape index (κ3) is 9.44. The minimum Gasteiger partial charge on any atom is -0.465 e. The van der Waals surface area contributed by atoms with Gasteiger partial charge in [-0.3, -0.25) is 15.4 Å². The summed E-state index contributed by atoms with van der Waals surface area (Å²) in [6.45, 7) is 7.86. The fraction of sp³-hybridized carbons (Fsp3) is 0.464. The van der Waals surface area contributed by atoms with Crippen molar-refractivity contribution >= 4 is 17.6 Å². The molecule has 1 saturated heterocycles. The molecule has 2 unspecified atom stereocenters. The van der Waals surface area contributed by atoms with Crippen LogP contribution in [-0.4, -0.2) is 42.3 Å². The van der Waals surface area contributed by atoms with E-state index in [-0.39, 0.29) is 12.6 Å². The van der Waals surface area contributed by atoms with E-state index in [1.165, 1.54) is 5.56 Å². The molecule has 38 heavy (non-hydrogen) atoms. The van der Waals surface area contributed by atoms with Gasteiger partial charge < -0.3 is 9.84 Å². The molecule has 0 bridgehead atoms. The van der Waals surface area contributed by atoms with Crippen molar-refractivity contribution < 1.29 is 14.6 Å². The van der Waals surface area contributed by atoms with Crippen LogP contribution in [0.2, 0.25) is 0 Å². The first-order valence-electron chi connectivity index (χ1n) is 13.2. The summed E-state index contributed by atoms with van der Waals surface area (Å²) in [5.41, 5.74) is 14.4. The Bertz CT molecular complexity index is 991. The van der Waals surface area contributed by atoms with Gasteiger partial charge in [-0.25, -0.2) is 10.9 Å². The fourth-order valence-electron chi connectivity index (χ4n) is 4.60. The second-order valence-corrected chi connectivity index (χ2v) is 9.90. The monoisotopic (exact) mass is 544 g/mol. The summed E-state index contributed by atoms with van der Waals surface area (Å²) in [6.07, 6.45) is 11.9. The largest absolute Gasteiger partial charge is 0.465 e. The lowest BCUT2D eigenvalue weighted by Crippen LogP contribution is -2.60. The van der Waals surface area contributed by atoms with Crippen molar-refractivity contribution in [2.24, 2.45) is 0 Å². The van der Waals surface area contributed by atoms with Crippen molar-refractivity contribution in [2.75, 3.05) is 6.61 Å². The Morgan fingerprint density at radius 3 is 2.66 bits per heavy atom. The fourth-order valence-corrected chi connectivity index (χ4v) is 4.89. The number of halogens is 1. The maximum absolute atomic E-state index is 12.9. The summed E-state index contributed by atoms with van der Waals surface area (Å²) < 4.78 is 5.37. The number of allylic oxidation sites excluding steroid dienone is 6. The Kier molecular flexibility index (Phi) is 12.7. The quantitative estimate of drug-likeness (QED) is 0.108. The molecule has 208 valence electrons. The molecule has 1 aliphatic carbocycles. The molecular formula is C28H41ClN6O3. The molecule has 0 amide bonds. The van der Waals surface area contributed by atoms with E-state index in [4.69, 9.17) is 16.3 Å².